The minimum absolute atomic E-state index is 0.0644. The number of carbonyl (C=O) groups is 2. The Kier molecular flexibility index (Phi) is 5.99. The molecule has 116 valence electrons. The van der Waals surface area contributed by atoms with E-state index in [0.717, 1.165) is 24.2 Å². The summed E-state index contributed by atoms with van der Waals surface area (Å²) >= 11 is 4.11. The first-order valence-electron chi connectivity index (χ1n) is 6.54. The standard InChI is InChI=1S/C15H18BrFO3S/c1-5-15(3,4)8(2)14(20)21-12-6-9(13(18)19)11(17)7-10(12)16/h6-8H,5H2,1-4H3,(H,18,19). The summed E-state index contributed by atoms with van der Waals surface area (Å²) in [6, 6.07) is 2.27. The van der Waals surface area contributed by atoms with Crippen LogP contribution < -0.4 is 0 Å². The zero-order valence-corrected chi connectivity index (χ0v) is 14.8. The van der Waals surface area contributed by atoms with Gasteiger partial charge in [0.1, 0.15) is 5.82 Å². The maximum Gasteiger partial charge on any atom is 0.338 e. The molecule has 1 atom stereocenters. The van der Waals surface area contributed by atoms with Crippen molar-refractivity contribution in [1.82, 2.24) is 0 Å². The molecule has 0 bridgehead atoms. The third-order valence-corrected chi connectivity index (χ3v) is 5.93. The monoisotopic (exact) mass is 376 g/mol. The normalized spacial score (nSPS) is 13.0. The molecule has 0 aliphatic carbocycles. The van der Waals surface area contributed by atoms with E-state index in [4.69, 9.17) is 5.11 Å². The molecule has 0 aliphatic heterocycles. The molecule has 21 heavy (non-hydrogen) atoms. The van der Waals surface area contributed by atoms with Gasteiger partial charge in [0.05, 0.1) is 5.56 Å². The topological polar surface area (TPSA) is 54.4 Å². The molecule has 0 saturated carbocycles. The third kappa shape index (κ3) is 4.30. The highest BCUT2D eigenvalue weighted by Crippen LogP contribution is 2.38. The highest BCUT2D eigenvalue weighted by atomic mass is 79.9. The molecule has 0 saturated heterocycles. The van der Waals surface area contributed by atoms with Crippen molar-refractivity contribution in [3.63, 3.8) is 0 Å². The number of halogens is 2. The molecule has 1 aromatic rings. The SMILES string of the molecule is CCC(C)(C)C(C)C(=O)Sc1cc(C(=O)O)c(F)cc1Br. The van der Waals surface area contributed by atoms with Crippen LogP contribution in [0.1, 0.15) is 44.5 Å². The van der Waals surface area contributed by atoms with Crippen molar-refractivity contribution in [1.29, 1.82) is 0 Å². The van der Waals surface area contributed by atoms with Crippen LogP contribution in [-0.2, 0) is 4.79 Å². The summed E-state index contributed by atoms with van der Waals surface area (Å²) < 4.78 is 13.9. The maximum atomic E-state index is 13.5. The third-order valence-electron chi connectivity index (χ3n) is 3.90. The van der Waals surface area contributed by atoms with Gasteiger partial charge in [-0.3, -0.25) is 4.79 Å². The van der Waals surface area contributed by atoms with Gasteiger partial charge in [0, 0.05) is 15.3 Å². The number of aromatic carboxylic acids is 1. The molecular weight excluding hydrogens is 359 g/mol. The second-order valence-corrected chi connectivity index (χ2v) is 7.45. The van der Waals surface area contributed by atoms with Crippen LogP contribution in [0.3, 0.4) is 0 Å². The first kappa shape index (κ1) is 18.2. The Labute approximate surface area is 136 Å². The predicted molar refractivity (Wildman–Crippen MR) is 85.2 cm³/mol. The Morgan fingerprint density at radius 2 is 2.00 bits per heavy atom. The van der Waals surface area contributed by atoms with Gasteiger partial charge in [-0.1, -0.05) is 45.9 Å². The number of rotatable bonds is 5. The van der Waals surface area contributed by atoms with Gasteiger partial charge in [-0.25, -0.2) is 9.18 Å². The summed E-state index contributed by atoms with van der Waals surface area (Å²) in [5.41, 5.74) is -0.581. The molecule has 3 nitrogen and oxygen atoms in total. The van der Waals surface area contributed by atoms with E-state index in [9.17, 15) is 14.0 Å². The number of hydrogen-bond acceptors (Lipinski definition) is 3. The minimum atomic E-state index is -1.35. The zero-order valence-electron chi connectivity index (χ0n) is 12.4. The lowest BCUT2D eigenvalue weighted by Gasteiger charge is -2.29. The number of thioether (sulfide) groups is 1. The lowest BCUT2D eigenvalue weighted by molar-refractivity contribution is -0.117. The van der Waals surface area contributed by atoms with E-state index in [1.807, 2.05) is 27.7 Å². The molecule has 0 spiro atoms. The van der Waals surface area contributed by atoms with E-state index < -0.39 is 17.3 Å². The molecule has 6 heteroatoms. The summed E-state index contributed by atoms with van der Waals surface area (Å²) in [6.07, 6.45) is 0.853. The minimum Gasteiger partial charge on any atom is -0.478 e. The Bertz CT molecular complexity index is 572. The average molecular weight is 377 g/mol. The second kappa shape index (κ2) is 6.92. The van der Waals surface area contributed by atoms with Crippen molar-refractivity contribution in [3.05, 3.63) is 28.0 Å². The summed E-state index contributed by atoms with van der Waals surface area (Å²) in [7, 11) is 0. The molecule has 0 aliphatic rings. The van der Waals surface area contributed by atoms with Crippen LogP contribution in [0, 0.1) is 17.2 Å². The quantitative estimate of drug-likeness (QED) is 0.736. The Hall–Kier alpha value is -0.880. The smallest absolute Gasteiger partial charge is 0.338 e. The van der Waals surface area contributed by atoms with Gasteiger partial charge in [0.15, 0.2) is 5.12 Å². The predicted octanol–water partition coefficient (Wildman–Crippen LogP) is 4.98. The van der Waals surface area contributed by atoms with Crippen molar-refractivity contribution in [3.8, 4) is 0 Å². The van der Waals surface area contributed by atoms with E-state index in [-0.39, 0.29) is 16.4 Å². The summed E-state index contributed by atoms with van der Waals surface area (Å²) in [5.74, 6) is -2.37. The molecule has 1 N–H and O–H groups in total. The summed E-state index contributed by atoms with van der Waals surface area (Å²) in [5, 5.41) is 8.88. The summed E-state index contributed by atoms with van der Waals surface area (Å²) in [4.78, 5) is 23.7. The van der Waals surface area contributed by atoms with Gasteiger partial charge in [-0.2, -0.15) is 0 Å². The lowest BCUT2D eigenvalue weighted by Crippen LogP contribution is -2.26. The van der Waals surface area contributed by atoms with Gasteiger partial charge in [-0.15, -0.1) is 0 Å². The number of carbonyl (C=O) groups excluding carboxylic acids is 1. The molecule has 0 radical (unpaired) electrons. The van der Waals surface area contributed by atoms with Crippen LogP contribution in [-0.4, -0.2) is 16.2 Å². The largest absolute Gasteiger partial charge is 0.478 e. The van der Waals surface area contributed by atoms with Crippen molar-refractivity contribution >= 4 is 38.8 Å². The van der Waals surface area contributed by atoms with E-state index >= 15 is 0 Å². The number of benzene rings is 1. The van der Waals surface area contributed by atoms with E-state index in [1.165, 1.54) is 6.07 Å². The Morgan fingerprint density at radius 1 is 1.43 bits per heavy atom. The lowest BCUT2D eigenvalue weighted by atomic mass is 9.78. The zero-order chi connectivity index (χ0) is 16.4. The fourth-order valence-electron chi connectivity index (χ4n) is 1.59. The van der Waals surface area contributed by atoms with Crippen molar-refractivity contribution < 1.29 is 19.1 Å². The molecule has 0 aromatic heterocycles. The average Bonchev–Trinajstić information content (AvgIpc) is 2.40. The molecule has 1 rings (SSSR count). The number of carboxylic acid groups (broad SMARTS) is 1. The second-order valence-electron chi connectivity index (χ2n) is 5.55. The van der Waals surface area contributed by atoms with Gasteiger partial charge in [0.2, 0.25) is 0 Å². The molecule has 1 unspecified atom stereocenters. The molecule has 0 amide bonds. The first-order valence-corrected chi connectivity index (χ1v) is 8.15. The molecule has 1 aromatic carbocycles. The van der Waals surface area contributed by atoms with Crippen LogP contribution in [0.5, 0.6) is 0 Å². The fourth-order valence-corrected chi connectivity index (χ4v) is 3.20. The molecular formula is C15H18BrFO3S. The molecule has 0 fully saturated rings. The van der Waals surface area contributed by atoms with Gasteiger partial charge in [0.25, 0.3) is 0 Å². The summed E-state index contributed by atoms with van der Waals surface area (Å²) in [6.45, 7) is 7.90. The van der Waals surface area contributed by atoms with Gasteiger partial charge >= 0.3 is 5.97 Å². The van der Waals surface area contributed by atoms with E-state index in [2.05, 4.69) is 15.9 Å². The van der Waals surface area contributed by atoms with Crippen LogP contribution >= 0.6 is 27.7 Å². The van der Waals surface area contributed by atoms with Gasteiger partial charge in [-0.05, 0) is 33.5 Å². The van der Waals surface area contributed by atoms with Crippen molar-refractivity contribution in [2.75, 3.05) is 0 Å². The maximum absolute atomic E-state index is 13.5. The first-order chi connectivity index (χ1) is 9.60. The van der Waals surface area contributed by atoms with Crippen LogP contribution in [0.15, 0.2) is 21.5 Å². The highest BCUT2D eigenvalue weighted by Gasteiger charge is 2.30. The van der Waals surface area contributed by atoms with Crippen LogP contribution in [0.25, 0.3) is 0 Å². The Morgan fingerprint density at radius 3 is 2.48 bits per heavy atom. The van der Waals surface area contributed by atoms with Crippen molar-refractivity contribution in [2.24, 2.45) is 11.3 Å². The number of hydrogen-bond donors (Lipinski definition) is 1. The van der Waals surface area contributed by atoms with Crippen molar-refractivity contribution in [2.45, 2.75) is 39.0 Å². The molecule has 0 heterocycles. The Balaban J connectivity index is 3.06. The fraction of sp³-hybridized carbons (Fsp3) is 0.467. The number of carboxylic acids is 1. The van der Waals surface area contributed by atoms with Crippen LogP contribution in [0.4, 0.5) is 4.39 Å². The van der Waals surface area contributed by atoms with E-state index in [1.54, 1.807) is 0 Å². The van der Waals surface area contributed by atoms with Crippen LogP contribution in [0.2, 0.25) is 0 Å². The van der Waals surface area contributed by atoms with E-state index in [0.29, 0.717) is 9.37 Å². The highest BCUT2D eigenvalue weighted by molar-refractivity contribution is 9.10. The van der Waals surface area contributed by atoms with Gasteiger partial charge < -0.3 is 5.11 Å².